The van der Waals surface area contributed by atoms with Crippen molar-refractivity contribution < 1.29 is 18.7 Å². The zero-order chi connectivity index (χ0) is 17.8. The average molecular weight is 342 g/mol. The highest BCUT2D eigenvalue weighted by molar-refractivity contribution is 5.94. The second-order valence-electron chi connectivity index (χ2n) is 6.05. The van der Waals surface area contributed by atoms with Gasteiger partial charge in [-0.25, -0.2) is 4.39 Å². The van der Waals surface area contributed by atoms with Crippen LogP contribution in [0.2, 0.25) is 0 Å². The number of nitrogens with one attached hydrogen (secondary N) is 1. The van der Waals surface area contributed by atoms with Crippen LogP contribution in [0.15, 0.2) is 42.5 Å². The zero-order valence-electron chi connectivity index (χ0n) is 13.6. The quantitative estimate of drug-likeness (QED) is 0.872. The minimum absolute atomic E-state index is 0.146. The largest absolute Gasteiger partial charge is 0.491 e. The molecule has 2 aromatic rings. The van der Waals surface area contributed by atoms with E-state index in [1.165, 1.54) is 12.1 Å². The van der Waals surface area contributed by atoms with Crippen LogP contribution in [0.4, 0.5) is 4.39 Å². The molecule has 1 atom stereocenters. The summed E-state index contributed by atoms with van der Waals surface area (Å²) >= 11 is 0. The number of benzene rings is 2. The molecule has 0 saturated heterocycles. The standard InChI is InChI=1S/C19H19FN2O3/c20-14-6-7-17-13(9-14)10-15(11-25-17)22-18(23)8-5-12-3-1-2-4-16(12)19(21)24/h1-4,6-7,9,15H,5,8,10-11H2,(H2,21,24)(H,22,23). The Morgan fingerprint density at radius 2 is 2.04 bits per heavy atom. The first kappa shape index (κ1) is 17.0. The smallest absolute Gasteiger partial charge is 0.248 e. The van der Waals surface area contributed by atoms with Gasteiger partial charge in [0.05, 0.1) is 6.04 Å². The van der Waals surface area contributed by atoms with E-state index in [-0.39, 0.29) is 24.2 Å². The monoisotopic (exact) mass is 342 g/mol. The van der Waals surface area contributed by atoms with Gasteiger partial charge >= 0.3 is 0 Å². The fourth-order valence-electron chi connectivity index (χ4n) is 2.98. The fourth-order valence-corrected chi connectivity index (χ4v) is 2.98. The normalized spacial score (nSPS) is 15.8. The number of carbonyl (C=O) groups excluding carboxylic acids is 2. The van der Waals surface area contributed by atoms with Crippen LogP contribution in [0.25, 0.3) is 0 Å². The molecule has 6 heteroatoms. The Bertz CT molecular complexity index is 807. The molecule has 1 aliphatic heterocycles. The SMILES string of the molecule is NC(=O)c1ccccc1CCC(=O)NC1COc2ccc(F)cc2C1. The predicted molar refractivity (Wildman–Crippen MR) is 90.8 cm³/mol. The van der Waals surface area contributed by atoms with Gasteiger partial charge in [-0.1, -0.05) is 18.2 Å². The minimum atomic E-state index is -0.504. The molecule has 2 aromatic carbocycles. The number of carbonyl (C=O) groups is 2. The lowest BCUT2D eigenvalue weighted by Gasteiger charge is -2.26. The third kappa shape index (κ3) is 4.15. The van der Waals surface area contributed by atoms with Crippen LogP contribution in [0.5, 0.6) is 5.75 Å². The predicted octanol–water partition coefficient (Wildman–Crippen LogP) is 1.98. The Morgan fingerprint density at radius 3 is 2.84 bits per heavy atom. The highest BCUT2D eigenvalue weighted by Gasteiger charge is 2.22. The number of fused-ring (bicyclic) bond motifs is 1. The van der Waals surface area contributed by atoms with Gasteiger partial charge in [-0.2, -0.15) is 0 Å². The van der Waals surface area contributed by atoms with Gasteiger partial charge in [0.1, 0.15) is 18.2 Å². The van der Waals surface area contributed by atoms with E-state index in [1.807, 2.05) is 0 Å². The van der Waals surface area contributed by atoms with Gasteiger partial charge in [-0.3, -0.25) is 9.59 Å². The van der Waals surface area contributed by atoms with E-state index in [1.54, 1.807) is 30.3 Å². The Kier molecular flexibility index (Phi) is 4.97. The van der Waals surface area contributed by atoms with E-state index < -0.39 is 5.91 Å². The molecule has 0 radical (unpaired) electrons. The van der Waals surface area contributed by atoms with Crippen molar-refractivity contribution in [3.8, 4) is 5.75 Å². The summed E-state index contributed by atoms with van der Waals surface area (Å²) in [4.78, 5) is 23.6. The van der Waals surface area contributed by atoms with Crippen molar-refractivity contribution in [2.45, 2.75) is 25.3 Å². The highest BCUT2D eigenvalue weighted by atomic mass is 19.1. The molecule has 0 aliphatic carbocycles. The summed E-state index contributed by atoms with van der Waals surface area (Å²) in [5.74, 6) is -0.317. The summed E-state index contributed by atoms with van der Waals surface area (Å²) < 4.78 is 18.9. The van der Waals surface area contributed by atoms with Crippen LogP contribution in [0.3, 0.4) is 0 Å². The molecule has 25 heavy (non-hydrogen) atoms. The van der Waals surface area contributed by atoms with E-state index in [4.69, 9.17) is 10.5 Å². The fraction of sp³-hybridized carbons (Fsp3) is 0.263. The average Bonchev–Trinajstić information content (AvgIpc) is 2.59. The Labute approximate surface area is 145 Å². The van der Waals surface area contributed by atoms with Gasteiger partial charge in [-0.15, -0.1) is 0 Å². The number of ether oxygens (including phenoxy) is 1. The van der Waals surface area contributed by atoms with Crippen LogP contribution in [-0.2, 0) is 17.6 Å². The zero-order valence-corrected chi connectivity index (χ0v) is 13.6. The van der Waals surface area contributed by atoms with Crippen LogP contribution < -0.4 is 15.8 Å². The molecule has 0 fully saturated rings. The first-order chi connectivity index (χ1) is 12.0. The van der Waals surface area contributed by atoms with Gasteiger partial charge in [0, 0.05) is 12.0 Å². The molecule has 3 N–H and O–H groups in total. The lowest BCUT2D eigenvalue weighted by Crippen LogP contribution is -2.42. The summed E-state index contributed by atoms with van der Waals surface area (Å²) in [6, 6.07) is 11.2. The summed E-state index contributed by atoms with van der Waals surface area (Å²) in [7, 11) is 0. The number of aryl methyl sites for hydroxylation is 1. The van der Waals surface area contributed by atoms with Crippen molar-refractivity contribution in [1.29, 1.82) is 0 Å². The topological polar surface area (TPSA) is 81.4 Å². The number of hydrogen-bond acceptors (Lipinski definition) is 3. The molecular weight excluding hydrogens is 323 g/mol. The van der Waals surface area contributed by atoms with Crippen LogP contribution in [0, 0.1) is 5.82 Å². The molecule has 1 heterocycles. The highest BCUT2D eigenvalue weighted by Crippen LogP contribution is 2.25. The summed E-state index contributed by atoms with van der Waals surface area (Å²) in [6.45, 7) is 0.349. The van der Waals surface area contributed by atoms with E-state index in [0.717, 1.165) is 11.1 Å². The van der Waals surface area contributed by atoms with Crippen molar-refractivity contribution in [1.82, 2.24) is 5.32 Å². The van der Waals surface area contributed by atoms with Crippen molar-refractivity contribution in [2.24, 2.45) is 5.73 Å². The second kappa shape index (κ2) is 7.34. The molecule has 130 valence electrons. The molecule has 0 aromatic heterocycles. The van der Waals surface area contributed by atoms with E-state index in [0.29, 0.717) is 30.8 Å². The van der Waals surface area contributed by atoms with Crippen molar-refractivity contribution in [2.75, 3.05) is 6.61 Å². The minimum Gasteiger partial charge on any atom is -0.491 e. The summed E-state index contributed by atoms with van der Waals surface area (Å²) in [5, 5.41) is 2.90. The molecular formula is C19H19FN2O3. The van der Waals surface area contributed by atoms with Crippen LogP contribution >= 0.6 is 0 Å². The molecule has 0 bridgehead atoms. The number of rotatable bonds is 5. The molecule has 2 amide bonds. The maximum absolute atomic E-state index is 13.3. The number of halogens is 1. The molecule has 1 aliphatic rings. The van der Waals surface area contributed by atoms with Gasteiger partial charge in [-0.05, 0) is 48.2 Å². The number of primary amides is 1. The lowest BCUT2D eigenvalue weighted by molar-refractivity contribution is -0.122. The summed E-state index contributed by atoms with van der Waals surface area (Å²) in [6.07, 6.45) is 1.18. The Balaban J connectivity index is 1.56. The maximum atomic E-state index is 13.3. The van der Waals surface area contributed by atoms with Gasteiger partial charge in [0.25, 0.3) is 0 Å². The number of hydrogen-bond donors (Lipinski definition) is 2. The maximum Gasteiger partial charge on any atom is 0.248 e. The molecule has 1 unspecified atom stereocenters. The Hall–Kier alpha value is -2.89. The third-order valence-electron chi connectivity index (χ3n) is 4.20. The molecule has 0 spiro atoms. The van der Waals surface area contributed by atoms with Gasteiger partial charge in [0.2, 0.25) is 11.8 Å². The van der Waals surface area contributed by atoms with E-state index in [9.17, 15) is 14.0 Å². The molecule has 0 saturated carbocycles. The molecule has 3 rings (SSSR count). The number of nitrogens with two attached hydrogens (primary N) is 1. The van der Waals surface area contributed by atoms with E-state index in [2.05, 4.69) is 5.32 Å². The first-order valence-electron chi connectivity index (χ1n) is 8.11. The van der Waals surface area contributed by atoms with Crippen molar-refractivity contribution >= 4 is 11.8 Å². The Morgan fingerprint density at radius 1 is 1.24 bits per heavy atom. The molecule has 5 nitrogen and oxygen atoms in total. The van der Waals surface area contributed by atoms with Gasteiger partial charge in [0.15, 0.2) is 0 Å². The second-order valence-corrected chi connectivity index (χ2v) is 6.05. The first-order valence-corrected chi connectivity index (χ1v) is 8.11. The third-order valence-corrected chi connectivity index (χ3v) is 4.20. The number of amides is 2. The van der Waals surface area contributed by atoms with Crippen molar-refractivity contribution in [3.63, 3.8) is 0 Å². The van der Waals surface area contributed by atoms with E-state index >= 15 is 0 Å². The van der Waals surface area contributed by atoms with Crippen LogP contribution in [-0.4, -0.2) is 24.5 Å². The van der Waals surface area contributed by atoms with Gasteiger partial charge < -0.3 is 15.8 Å². The summed E-state index contributed by atoms with van der Waals surface area (Å²) in [5.41, 5.74) is 7.27. The lowest BCUT2D eigenvalue weighted by atomic mass is 10.0. The van der Waals surface area contributed by atoms with Crippen molar-refractivity contribution in [3.05, 3.63) is 65.0 Å². The van der Waals surface area contributed by atoms with Crippen LogP contribution in [0.1, 0.15) is 27.9 Å².